The average Bonchev–Trinajstić information content (AvgIpc) is 1.67. The molecule has 0 aliphatic rings. The van der Waals surface area contributed by atoms with E-state index in [2.05, 4.69) is 13.8 Å². The Balaban J connectivity index is 3.17. The van der Waals surface area contributed by atoms with Gasteiger partial charge in [0, 0.05) is 0 Å². The van der Waals surface area contributed by atoms with Gasteiger partial charge >= 0.3 is 0 Å². The third-order valence-electron chi connectivity index (χ3n) is 1.57. The Hall–Kier alpha value is -0.0400. The molecule has 0 aliphatic heterocycles. The SMILES string of the molecule is CCC[C@@H](C)[C@@H](C)O. The van der Waals surface area contributed by atoms with Crippen molar-refractivity contribution in [2.45, 2.75) is 39.7 Å². The summed E-state index contributed by atoms with van der Waals surface area (Å²) in [6.07, 6.45) is 2.18. The van der Waals surface area contributed by atoms with Crippen molar-refractivity contribution in [1.29, 1.82) is 0 Å². The first-order valence-corrected chi connectivity index (χ1v) is 3.36. The number of hydrogen-bond acceptors (Lipinski definition) is 1. The molecule has 0 aromatic rings. The molecule has 0 aromatic heterocycles. The van der Waals surface area contributed by atoms with Gasteiger partial charge in [0.2, 0.25) is 0 Å². The van der Waals surface area contributed by atoms with Crippen molar-refractivity contribution in [2.24, 2.45) is 5.92 Å². The fourth-order valence-electron chi connectivity index (χ4n) is 0.697. The van der Waals surface area contributed by atoms with Gasteiger partial charge in [-0.25, -0.2) is 0 Å². The maximum absolute atomic E-state index is 8.95. The van der Waals surface area contributed by atoms with E-state index in [0.717, 1.165) is 6.42 Å². The maximum atomic E-state index is 8.95. The molecule has 0 aliphatic carbocycles. The minimum Gasteiger partial charge on any atom is -0.393 e. The van der Waals surface area contributed by atoms with Crippen LogP contribution in [0.15, 0.2) is 0 Å². The van der Waals surface area contributed by atoms with Gasteiger partial charge in [0.05, 0.1) is 6.10 Å². The average molecular weight is 116 g/mol. The van der Waals surface area contributed by atoms with Crippen molar-refractivity contribution in [3.05, 3.63) is 0 Å². The van der Waals surface area contributed by atoms with E-state index in [4.69, 9.17) is 5.11 Å². The summed E-state index contributed by atoms with van der Waals surface area (Å²) in [6, 6.07) is 0. The molecule has 0 heterocycles. The lowest BCUT2D eigenvalue weighted by Gasteiger charge is -2.11. The summed E-state index contributed by atoms with van der Waals surface area (Å²) in [4.78, 5) is 0. The Labute approximate surface area is 51.7 Å². The number of hydrogen-bond donors (Lipinski definition) is 1. The third-order valence-corrected chi connectivity index (χ3v) is 1.57. The summed E-state index contributed by atoms with van der Waals surface area (Å²) in [7, 11) is 0. The third kappa shape index (κ3) is 3.03. The molecule has 0 saturated heterocycles. The first kappa shape index (κ1) is 7.96. The summed E-state index contributed by atoms with van der Waals surface area (Å²) in [5, 5.41) is 8.95. The van der Waals surface area contributed by atoms with Crippen LogP contribution in [0.3, 0.4) is 0 Å². The van der Waals surface area contributed by atoms with Crippen LogP contribution in [-0.4, -0.2) is 11.2 Å². The molecule has 0 unspecified atom stereocenters. The van der Waals surface area contributed by atoms with Gasteiger partial charge in [-0.15, -0.1) is 0 Å². The van der Waals surface area contributed by atoms with Crippen molar-refractivity contribution < 1.29 is 5.11 Å². The van der Waals surface area contributed by atoms with Gasteiger partial charge < -0.3 is 5.11 Å². The molecule has 0 fully saturated rings. The van der Waals surface area contributed by atoms with Gasteiger partial charge in [0.15, 0.2) is 0 Å². The second-order valence-corrected chi connectivity index (χ2v) is 2.51. The van der Waals surface area contributed by atoms with Crippen molar-refractivity contribution >= 4 is 0 Å². The topological polar surface area (TPSA) is 20.2 Å². The second-order valence-electron chi connectivity index (χ2n) is 2.51. The van der Waals surface area contributed by atoms with Crippen molar-refractivity contribution in [3.63, 3.8) is 0 Å². The Kier molecular flexibility index (Phi) is 3.88. The minimum absolute atomic E-state index is 0.130. The lowest BCUT2D eigenvalue weighted by Crippen LogP contribution is -2.11. The van der Waals surface area contributed by atoms with E-state index in [9.17, 15) is 0 Å². The van der Waals surface area contributed by atoms with Crippen molar-refractivity contribution in [3.8, 4) is 0 Å². The highest BCUT2D eigenvalue weighted by Gasteiger charge is 2.05. The standard InChI is InChI=1S/C7H16O/c1-4-5-6(2)7(3)8/h6-8H,4-5H2,1-3H3/t6-,7-/m1/s1. The van der Waals surface area contributed by atoms with Gasteiger partial charge in [-0.05, 0) is 19.3 Å². The molecule has 0 radical (unpaired) electrons. The molecule has 8 heavy (non-hydrogen) atoms. The molecular formula is C7H16O. The molecule has 0 saturated carbocycles. The van der Waals surface area contributed by atoms with Gasteiger partial charge in [0.25, 0.3) is 0 Å². The Bertz CT molecular complexity index is 50.3. The van der Waals surface area contributed by atoms with Crippen LogP contribution in [0.2, 0.25) is 0 Å². The molecule has 0 amide bonds. The lowest BCUT2D eigenvalue weighted by molar-refractivity contribution is 0.129. The van der Waals surface area contributed by atoms with Crippen LogP contribution in [0.5, 0.6) is 0 Å². The van der Waals surface area contributed by atoms with Crippen LogP contribution in [0.1, 0.15) is 33.6 Å². The fraction of sp³-hybridized carbons (Fsp3) is 1.00. The van der Waals surface area contributed by atoms with Crippen LogP contribution < -0.4 is 0 Å². The highest BCUT2D eigenvalue weighted by molar-refractivity contribution is 4.56. The zero-order valence-electron chi connectivity index (χ0n) is 6.02. The zero-order chi connectivity index (χ0) is 6.57. The van der Waals surface area contributed by atoms with Crippen LogP contribution in [0, 0.1) is 5.92 Å². The van der Waals surface area contributed by atoms with Crippen LogP contribution in [-0.2, 0) is 0 Å². The van der Waals surface area contributed by atoms with Gasteiger partial charge in [-0.1, -0.05) is 20.3 Å². The van der Waals surface area contributed by atoms with E-state index in [1.165, 1.54) is 6.42 Å². The van der Waals surface area contributed by atoms with E-state index in [1.54, 1.807) is 0 Å². The molecule has 50 valence electrons. The summed E-state index contributed by atoms with van der Waals surface area (Å²) in [6.45, 7) is 6.06. The molecule has 0 rings (SSSR count). The van der Waals surface area contributed by atoms with Crippen molar-refractivity contribution in [2.75, 3.05) is 0 Å². The fourth-order valence-corrected chi connectivity index (χ4v) is 0.697. The smallest absolute Gasteiger partial charge is 0.0537 e. The molecule has 1 N–H and O–H groups in total. The monoisotopic (exact) mass is 116 g/mol. The summed E-state index contributed by atoms with van der Waals surface area (Å²) < 4.78 is 0. The Morgan fingerprint density at radius 2 is 1.88 bits per heavy atom. The Morgan fingerprint density at radius 1 is 1.38 bits per heavy atom. The number of aliphatic hydroxyl groups excluding tert-OH is 1. The van der Waals surface area contributed by atoms with E-state index < -0.39 is 0 Å². The van der Waals surface area contributed by atoms with Crippen LogP contribution in [0.25, 0.3) is 0 Å². The second kappa shape index (κ2) is 3.90. The van der Waals surface area contributed by atoms with Crippen molar-refractivity contribution in [1.82, 2.24) is 0 Å². The van der Waals surface area contributed by atoms with Gasteiger partial charge in [-0.2, -0.15) is 0 Å². The molecule has 0 spiro atoms. The predicted molar refractivity (Wildman–Crippen MR) is 35.8 cm³/mol. The van der Waals surface area contributed by atoms with Crippen LogP contribution >= 0.6 is 0 Å². The molecule has 1 heteroatoms. The number of rotatable bonds is 3. The highest BCUT2D eigenvalue weighted by Crippen LogP contribution is 2.08. The molecular weight excluding hydrogens is 100 g/mol. The molecule has 0 aromatic carbocycles. The molecule has 1 nitrogen and oxygen atoms in total. The maximum Gasteiger partial charge on any atom is 0.0537 e. The lowest BCUT2D eigenvalue weighted by atomic mass is 10.0. The number of aliphatic hydroxyl groups is 1. The van der Waals surface area contributed by atoms with Gasteiger partial charge in [-0.3, -0.25) is 0 Å². The van der Waals surface area contributed by atoms with Gasteiger partial charge in [0.1, 0.15) is 0 Å². The summed E-state index contributed by atoms with van der Waals surface area (Å²) >= 11 is 0. The largest absolute Gasteiger partial charge is 0.393 e. The van der Waals surface area contributed by atoms with E-state index in [-0.39, 0.29) is 6.10 Å². The first-order valence-electron chi connectivity index (χ1n) is 3.36. The quantitative estimate of drug-likeness (QED) is 0.596. The normalized spacial score (nSPS) is 18.0. The Morgan fingerprint density at radius 3 is 2.00 bits per heavy atom. The molecule has 0 bridgehead atoms. The minimum atomic E-state index is -0.130. The van der Waals surface area contributed by atoms with E-state index in [1.807, 2.05) is 6.92 Å². The van der Waals surface area contributed by atoms with Crippen LogP contribution in [0.4, 0.5) is 0 Å². The summed E-state index contributed by atoms with van der Waals surface area (Å²) in [5.74, 6) is 0.472. The molecule has 2 atom stereocenters. The highest BCUT2D eigenvalue weighted by atomic mass is 16.3. The first-order chi connectivity index (χ1) is 3.68. The van der Waals surface area contributed by atoms with E-state index >= 15 is 0 Å². The van der Waals surface area contributed by atoms with E-state index in [0.29, 0.717) is 5.92 Å². The zero-order valence-corrected chi connectivity index (χ0v) is 6.02. The summed E-state index contributed by atoms with van der Waals surface area (Å²) in [5.41, 5.74) is 0. The predicted octanol–water partition coefficient (Wildman–Crippen LogP) is 1.80.